The molecule has 0 N–H and O–H groups in total. The van der Waals surface area contributed by atoms with Crippen molar-refractivity contribution in [2.24, 2.45) is 16.2 Å². The van der Waals surface area contributed by atoms with Gasteiger partial charge in [0, 0.05) is 24.0 Å². The number of carbonyl (C=O) groups is 4. The van der Waals surface area contributed by atoms with Crippen LogP contribution in [0.2, 0.25) is 0 Å². The second-order valence-electron chi connectivity index (χ2n) is 24.8. The molecule has 2 aromatic rings. The van der Waals surface area contributed by atoms with Crippen molar-refractivity contribution in [2.75, 3.05) is 39.6 Å². The Kier molecular flexibility index (Phi) is 17.3. The lowest BCUT2D eigenvalue weighted by atomic mass is 9.80. The zero-order valence-electron chi connectivity index (χ0n) is 45.6. The Labute approximate surface area is 412 Å². The van der Waals surface area contributed by atoms with Crippen molar-refractivity contribution in [3.05, 3.63) is 57.6 Å². The SMILES string of the molecule is Cc1cc(CCC(=O)OCC(C)(C)C2(C)OCC3(CO2)COC(C)(C(C)(C)COC(=O)CCc2cc(C)c(OC(=O)OC(C)(C)C)c(C(C)(C)C)c2)OC3)cc(C(C)(C)C)c1OC(=O)OC(C)(C)C. The Morgan fingerprint density at radius 3 is 1.09 bits per heavy atom. The Bertz CT molecular complexity index is 2000. The summed E-state index contributed by atoms with van der Waals surface area (Å²) in [5, 5.41) is 0. The minimum Gasteiger partial charge on any atom is -0.465 e. The van der Waals surface area contributed by atoms with Gasteiger partial charge in [0.25, 0.3) is 0 Å². The molecule has 0 amide bonds. The fraction of sp³-hybridized carbons (Fsp3) is 0.709. The van der Waals surface area contributed by atoms with Crippen molar-refractivity contribution in [1.29, 1.82) is 0 Å². The first-order chi connectivity index (χ1) is 31.3. The number of ether oxygens (including phenoxy) is 10. The van der Waals surface area contributed by atoms with E-state index in [1.807, 2.05) is 121 Å². The van der Waals surface area contributed by atoms with Crippen LogP contribution in [0.4, 0.5) is 9.59 Å². The van der Waals surface area contributed by atoms with Gasteiger partial charge in [-0.2, -0.15) is 0 Å². The maximum atomic E-state index is 13.2. The van der Waals surface area contributed by atoms with Crippen LogP contribution in [0.1, 0.15) is 171 Å². The molecule has 0 saturated carbocycles. The van der Waals surface area contributed by atoms with Gasteiger partial charge < -0.3 is 47.4 Å². The second kappa shape index (κ2) is 20.8. The van der Waals surface area contributed by atoms with Crippen molar-refractivity contribution in [2.45, 2.75) is 198 Å². The van der Waals surface area contributed by atoms with Crippen molar-refractivity contribution in [3.63, 3.8) is 0 Å². The van der Waals surface area contributed by atoms with E-state index in [2.05, 4.69) is 0 Å². The van der Waals surface area contributed by atoms with Crippen molar-refractivity contribution in [1.82, 2.24) is 0 Å². The molecule has 2 saturated heterocycles. The van der Waals surface area contributed by atoms with E-state index in [9.17, 15) is 19.2 Å². The highest BCUT2D eigenvalue weighted by atomic mass is 16.7. The van der Waals surface area contributed by atoms with Gasteiger partial charge in [-0.15, -0.1) is 0 Å². The van der Waals surface area contributed by atoms with E-state index in [1.54, 1.807) is 41.5 Å². The van der Waals surface area contributed by atoms with Gasteiger partial charge in [-0.1, -0.05) is 93.5 Å². The first kappa shape index (κ1) is 57.3. The molecular weight excluding hydrogens is 885 g/mol. The predicted octanol–water partition coefficient (Wildman–Crippen LogP) is 11.7. The second-order valence-corrected chi connectivity index (χ2v) is 24.8. The van der Waals surface area contributed by atoms with E-state index < -0.39 is 51.3 Å². The van der Waals surface area contributed by atoms with Crippen LogP contribution in [0, 0.1) is 30.1 Å². The summed E-state index contributed by atoms with van der Waals surface area (Å²) in [4.78, 5) is 51.5. The standard InChI is InChI=1S/C55H84O14/c1-35-25-37(27-39(47(3,4)5)43(35)66-45(58)68-49(9,10)11)21-23-41(56)60-29-51(15,16)53(19)62-31-55(32-63-53)33-64-54(20,65-34-55)52(17,18)30-61-42(57)24-22-38-26-36(2)44(40(28-38)48(6,7)8)67-46(59)69-50(12,13)14/h25-28H,21-24,29-34H2,1-20H3. The van der Waals surface area contributed by atoms with Gasteiger partial charge in [-0.3, -0.25) is 9.59 Å². The van der Waals surface area contributed by atoms with Crippen LogP contribution in [0.3, 0.4) is 0 Å². The molecule has 0 atom stereocenters. The molecule has 0 unspecified atom stereocenters. The summed E-state index contributed by atoms with van der Waals surface area (Å²) in [5.41, 5.74) is 0.973. The van der Waals surface area contributed by atoms with Gasteiger partial charge in [-0.05, 0) is 115 Å². The molecule has 0 aromatic heterocycles. The number of hydrogen-bond acceptors (Lipinski definition) is 14. The third-order valence-corrected chi connectivity index (χ3v) is 12.9. The molecule has 2 aliphatic heterocycles. The molecule has 4 rings (SSSR count). The van der Waals surface area contributed by atoms with Crippen LogP contribution in [-0.2, 0) is 71.2 Å². The van der Waals surface area contributed by atoms with Gasteiger partial charge >= 0.3 is 24.2 Å². The van der Waals surface area contributed by atoms with Crippen LogP contribution in [0.25, 0.3) is 0 Å². The highest BCUT2D eigenvalue weighted by Gasteiger charge is 2.56. The maximum Gasteiger partial charge on any atom is 0.514 e. The zero-order chi connectivity index (χ0) is 52.4. The average molecular weight is 969 g/mol. The Balaban J connectivity index is 1.27. The fourth-order valence-electron chi connectivity index (χ4n) is 7.78. The first-order valence-corrected chi connectivity index (χ1v) is 24.3. The topological polar surface area (TPSA) is 161 Å². The van der Waals surface area contributed by atoms with Crippen LogP contribution in [0.15, 0.2) is 24.3 Å². The number of esters is 2. The quantitative estimate of drug-likeness (QED) is 0.0999. The summed E-state index contributed by atoms with van der Waals surface area (Å²) in [6.45, 7) is 39.5. The van der Waals surface area contributed by atoms with Crippen LogP contribution in [-0.4, -0.2) is 86.7 Å². The largest absolute Gasteiger partial charge is 0.514 e. The lowest BCUT2D eigenvalue weighted by Crippen LogP contribution is -2.63. The summed E-state index contributed by atoms with van der Waals surface area (Å²) in [6, 6.07) is 7.80. The summed E-state index contributed by atoms with van der Waals surface area (Å²) in [7, 11) is 0. The third kappa shape index (κ3) is 15.4. The molecule has 2 fully saturated rings. The van der Waals surface area contributed by atoms with Crippen molar-refractivity contribution < 1.29 is 66.5 Å². The highest BCUT2D eigenvalue weighted by molar-refractivity contribution is 5.71. The lowest BCUT2D eigenvalue weighted by Gasteiger charge is -2.55. The van der Waals surface area contributed by atoms with E-state index in [0.29, 0.717) is 50.8 Å². The smallest absolute Gasteiger partial charge is 0.465 e. The van der Waals surface area contributed by atoms with E-state index in [0.717, 1.165) is 33.4 Å². The number of rotatable bonds is 14. The van der Waals surface area contributed by atoms with E-state index in [4.69, 9.17) is 47.4 Å². The summed E-state index contributed by atoms with van der Waals surface area (Å²) in [6.07, 6.45) is -0.355. The Hall–Kier alpha value is -4.24. The van der Waals surface area contributed by atoms with Crippen molar-refractivity contribution >= 4 is 24.2 Å². The molecule has 2 aromatic carbocycles. The molecule has 0 aliphatic carbocycles. The van der Waals surface area contributed by atoms with Crippen LogP contribution in [0.5, 0.6) is 11.5 Å². The molecule has 14 nitrogen and oxygen atoms in total. The highest BCUT2D eigenvalue weighted by Crippen LogP contribution is 2.47. The molecule has 0 radical (unpaired) electrons. The minimum absolute atomic E-state index is 0.0664. The minimum atomic E-state index is -1.07. The molecule has 69 heavy (non-hydrogen) atoms. The van der Waals surface area contributed by atoms with Gasteiger partial charge in [0.15, 0.2) is 11.6 Å². The molecule has 0 bridgehead atoms. The van der Waals surface area contributed by atoms with Crippen LogP contribution < -0.4 is 9.47 Å². The van der Waals surface area contributed by atoms with Crippen molar-refractivity contribution in [3.8, 4) is 11.5 Å². The number of aryl methyl sites for hydroxylation is 4. The number of carbonyl (C=O) groups excluding carboxylic acids is 4. The maximum absolute atomic E-state index is 13.2. The van der Waals surface area contributed by atoms with Gasteiger partial charge in [0.2, 0.25) is 0 Å². The number of hydrogen-bond donors (Lipinski definition) is 0. The fourth-order valence-corrected chi connectivity index (χ4v) is 7.78. The molecule has 1 spiro atoms. The lowest BCUT2D eigenvalue weighted by molar-refractivity contribution is -0.397. The van der Waals surface area contributed by atoms with Gasteiger partial charge in [-0.25, -0.2) is 9.59 Å². The molecular formula is C55H84O14. The average Bonchev–Trinajstić information content (AvgIpc) is 3.19. The monoisotopic (exact) mass is 969 g/mol. The predicted molar refractivity (Wildman–Crippen MR) is 263 cm³/mol. The van der Waals surface area contributed by atoms with Gasteiger partial charge in [0.1, 0.15) is 35.9 Å². The van der Waals surface area contributed by atoms with E-state index in [1.165, 1.54) is 0 Å². The van der Waals surface area contributed by atoms with E-state index in [-0.39, 0.29) is 48.8 Å². The Morgan fingerprint density at radius 1 is 0.507 bits per heavy atom. The Morgan fingerprint density at radius 2 is 0.812 bits per heavy atom. The molecule has 2 heterocycles. The summed E-state index contributed by atoms with van der Waals surface area (Å²) >= 11 is 0. The third-order valence-electron chi connectivity index (χ3n) is 12.9. The molecule has 2 aliphatic rings. The summed E-state index contributed by atoms with van der Waals surface area (Å²) in [5.74, 6) is -1.93. The van der Waals surface area contributed by atoms with E-state index >= 15 is 0 Å². The molecule has 14 heteroatoms. The number of benzene rings is 2. The zero-order valence-corrected chi connectivity index (χ0v) is 45.6. The normalized spacial score (nSPS) is 21.6. The first-order valence-electron chi connectivity index (χ1n) is 24.3. The summed E-state index contributed by atoms with van der Waals surface area (Å²) < 4.78 is 59.8. The van der Waals surface area contributed by atoms with Crippen LogP contribution >= 0.6 is 0 Å². The van der Waals surface area contributed by atoms with Gasteiger partial charge in [0.05, 0.1) is 42.7 Å². The molecule has 388 valence electrons.